The van der Waals surface area contributed by atoms with Gasteiger partial charge in [-0.1, -0.05) is 12.1 Å². The highest BCUT2D eigenvalue weighted by atomic mass is 32.2. The molecule has 0 spiro atoms. The van der Waals surface area contributed by atoms with Gasteiger partial charge in [0.2, 0.25) is 5.91 Å². The predicted molar refractivity (Wildman–Crippen MR) is 116 cm³/mol. The van der Waals surface area contributed by atoms with Crippen LogP contribution >= 0.6 is 11.8 Å². The number of nitrogens with zero attached hydrogens (tertiary/aromatic N) is 3. The molecule has 2 aromatic rings. The van der Waals surface area contributed by atoms with Crippen molar-refractivity contribution in [3.05, 3.63) is 54.6 Å². The molecular weight excluding hydrogens is 401 g/mol. The maximum atomic E-state index is 13.8. The van der Waals surface area contributed by atoms with Gasteiger partial charge >= 0.3 is 0 Å². The first-order valence-corrected chi connectivity index (χ1v) is 11.6. The maximum Gasteiger partial charge on any atom is 0.232 e. The third kappa shape index (κ3) is 5.52. The fraction of sp³-hybridized carbons (Fsp3) is 0.478. The Morgan fingerprint density at radius 1 is 1.03 bits per heavy atom. The number of hydrogen-bond donors (Lipinski definition) is 0. The zero-order valence-electron chi connectivity index (χ0n) is 17.1. The van der Waals surface area contributed by atoms with E-state index >= 15 is 0 Å². The molecule has 7 heteroatoms. The van der Waals surface area contributed by atoms with Gasteiger partial charge in [-0.15, -0.1) is 11.8 Å². The number of carbonyl (C=O) groups is 1. The first kappa shape index (κ1) is 21.1. The van der Waals surface area contributed by atoms with E-state index in [9.17, 15) is 9.18 Å². The van der Waals surface area contributed by atoms with E-state index in [1.807, 2.05) is 17.0 Å². The number of hydrogen-bond acceptors (Lipinski definition) is 5. The predicted octanol–water partition coefficient (Wildman–Crippen LogP) is 3.85. The molecule has 1 aromatic carbocycles. The molecule has 3 heterocycles. The maximum absolute atomic E-state index is 13.8. The van der Waals surface area contributed by atoms with Gasteiger partial charge in [0.15, 0.2) is 11.6 Å². The highest BCUT2D eigenvalue weighted by molar-refractivity contribution is 8.00. The number of halogens is 1. The smallest absolute Gasteiger partial charge is 0.232 e. The van der Waals surface area contributed by atoms with Crippen molar-refractivity contribution in [1.29, 1.82) is 0 Å². The van der Waals surface area contributed by atoms with Gasteiger partial charge in [0.1, 0.15) is 6.10 Å². The third-order valence-corrected chi connectivity index (χ3v) is 6.95. The molecule has 0 radical (unpaired) electrons. The van der Waals surface area contributed by atoms with Crippen molar-refractivity contribution in [2.75, 3.05) is 31.9 Å². The molecule has 30 heavy (non-hydrogen) atoms. The van der Waals surface area contributed by atoms with Crippen LogP contribution in [-0.4, -0.2) is 64.8 Å². The quantitative estimate of drug-likeness (QED) is 0.653. The van der Waals surface area contributed by atoms with Gasteiger partial charge in [0.25, 0.3) is 0 Å². The second-order valence-electron chi connectivity index (χ2n) is 7.87. The van der Waals surface area contributed by atoms with Crippen LogP contribution in [0, 0.1) is 5.82 Å². The number of likely N-dealkylation sites (tertiary alicyclic amines) is 2. The minimum absolute atomic E-state index is 0.0741. The lowest BCUT2D eigenvalue weighted by atomic mass is 9.99. The summed E-state index contributed by atoms with van der Waals surface area (Å²) < 4.78 is 19.7. The van der Waals surface area contributed by atoms with E-state index in [2.05, 4.69) is 9.88 Å². The lowest BCUT2D eigenvalue weighted by Crippen LogP contribution is -2.50. The Morgan fingerprint density at radius 2 is 1.73 bits per heavy atom. The molecular formula is C23H28FN3O2S. The Morgan fingerprint density at radius 3 is 2.43 bits per heavy atom. The fourth-order valence-electron chi connectivity index (χ4n) is 4.23. The number of carbonyl (C=O) groups excluding carboxylic acids is 1. The molecule has 1 aromatic heterocycles. The van der Waals surface area contributed by atoms with Crippen molar-refractivity contribution in [2.24, 2.45) is 0 Å². The van der Waals surface area contributed by atoms with Gasteiger partial charge < -0.3 is 9.64 Å². The average Bonchev–Trinajstić information content (AvgIpc) is 2.80. The third-order valence-electron chi connectivity index (χ3n) is 5.95. The van der Waals surface area contributed by atoms with E-state index in [4.69, 9.17) is 4.74 Å². The number of benzene rings is 1. The molecule has 0 saturated carbocycles. The van der Waals surface area contributed by atoms with Crippen LogP contribution in [-0.2, 0) is 4.79 Å². The van der Waals surface area contributed by atoms with Crippen LogP contribution < -0.4 is 4.74 Å². The second kappa shape index (κ2) is 10.3. The molecule has 0 bridgehead atoms. The van der Waals surface area contributed by atoms with E-state index in [-0.39, 0.29) is 17.8 Å². The number of amides is 1. The van der Waals surface area contributed by atoms with Crippen LogP contribution in [0.25, 0.3) is 0 Å². The van der Waals surface area contributed by atoms with Crippen molar-refractivity contribution in [3.8, 4) is 5.75 Å². The first-order valence-electron chi connectivity index (χ1n) is 10.6. The Kier molecular flexibility index (Phi) is 7.23. The summed E-state index contributed by atoms with van der Waals surface area (Å²) in [5.74, 6) is 0.756. The number of thioether (sulfide) groups is 1. The molecule has 0 aliphatic carbocycles. The van der Waals surface area contributed by atoms with E-state index in [0.29, 0.717) is 17.5 Å². The number of para-hydroxylation sites is 1. The van der Waals surface area contributed by atoms with Crippen molar-refractivity contribution in [2.45, 2.75) is 42.7 Å². The van der Waals surface area contributed by atoms with E-state index < -0.39 is 0 Å². The van der Waals surface area contributed by atoms with Gasteiger partial charge in [-0.05, 0) is 49.9 Å². The van der Waals surface area contributed by atoms with Crippen molar-refractivity contribution >= 4 is 17.7 Å². The van der Waals surface area contributed by atoms with Crippen molar-refractivity contribution in [3.63, 3.8) is 0 Å². The van der Waals surface area contributed by atoms with Gasteiger partial charge in [-0.3, -0.25) is 14.7 Å². The molecule has 4 rings (SSSR count). The molecule has 2 fully saturated rings. The molecule has 0 atom stereocenters. The van der Waals surface area contributed by atoms with Gasteiger partial charge in [-0.25, -0.2) is 4.39 Å². The summed E-state index contributed by atoms with van der Waals surface area (Å²) in [6.07, 6.45) is 7.44. The van der Waals surface area contributed by atoms with E-state index in [1.54, 1.807) is 42.4 Å². The summed E-state index contributed by atoms with van der Waals surface area (Å²) in [6, 6.07) is 11.0. The van der Waals surface area contributed by atoms with E-state index in [1.165, 1.54) is 6.07 Å². The molecule has 2 aliphatic heterocycles. The summed E-state index contributed by atoms with van der Waals surface area (Å²) in [5, 5.41) is 0. The normalized spacial score (nSPS) is 19.0. The summed E-state index contributed by atoms with van der Waals surface area (Å²) in [4.78, 5) is 22.1. The topological polar surface area (TPSA) is 45.7 Å². The van der Waals surface area contributed by atoms with Crippen LogP contribution in [0.15, 0.2) is 53.7 Å². The standard InChI is InChI=1S/C23H28FN3O2S/c24-21-3-1-2-4-22(21)29-19-9-15-26(16-10-19)18-7-13-27(14-8-18)23(28)17-30-20-5-11-25-12-6-20/h1-6,11-12,18-19H,7-10,13-17H2. The summed E-state index contributed by atoms with van der Waals surface area (Å²) in [7, 11) is 0. The Hall–Kier alpha value is -2.12. The molecule has 5 nitrogen and oxygen atoms in total. The lowest BCUT2D eigenvalue weighted by Gasteiger charge is -2.41. The summed E-state index contributed by atoms with van der Waals surface area (Å²) in [6.45, 7) is 3.59. The number of rotatable bonds is 6. The average molecular weight is 430 g/mol. The number of aromatic nitrogens is 1. The molecule has 160 valence electrons. The van der Waals surface area contributed by atoms with Gasteiger partial charge in [0.05, 0.1) is 5.75 Å². The summed E-state index contributed by atoms with van der Waals surface area (Å²) in [5.41, 5.74) is 0. The largest absolute Gasteiger partial charge is 0.487 e. The molecule has 1 amide bonds. The Labute approximate surface area is 181 Å². The Bertz CT molecular complexity index is 822. The molecule has 0 unspecified atom stereocenters. The second-order valence-corrected chi connectivity index (χ2v) is 8.92. The van der Waals surface area contributed by atoms with Gasteiger partial charge in [-0.2, -0.15) is 0 Å². The van der Waals surface area contributed by atoms with Gasteiger partial charge in [0, 0.05) is 49.5 Å². The number of ether oxygens (including phenoxy) is 1. The van der Waals surface area contributed by atoms with E-state index in [0.717, 1.165) is 56.8 Å². The summed E-state index contributed by atoms with van der Waals surface area (Å²) >= 11 is 1.57. The highest BCUT2D eigenvalue weighted by Crippen LogP contribution is 2.26. The van der Waals surface area contributed by atoms with Crippen LogP contribution in [0.5, 0.6) is 5.75 Å². The lowest BCUT2D eigenvalue weighted by molar-refractivity contribution is -0.130. The Balaban J connectivity index is 1.18. The van der Waals surface area contributed by atoms with Crippen molar-refractivity contribution < 1.29 is 13.9 Å². The number of piperidine rings is 2. The van der Waals surface area contributed by atoms with Crippen LogP contribution in [0.3, 0.4) is 0 Å². The molecule has 2 aliphatic rings. The zero-order chi connectivity index (χ0) is 20.8. The minimum atomic E-state index is -0.293. The molecule has 0 N–H and O–H groups in total. The van der Waals surface area contributed by atoms with Crippen LogP contribution in [0.1, 0.15) is 25.7 Å². The fourth-order valence-corrected chi connectivity index (χ4v) is 5.02. The number of pyridine rings is 1. The van der Waals surface area contributed by atoms with Crippen LogP contribution in [0.2, 0.25) is 0 Å². The molecule has 2 saturated heterocycles. The zero-order valence-corrected chi connectivity index (χ0v) is 17.9. The van der Waals surface area contributed by atoms with Crippen LogP contribution in [0.4, 0.5) is 4.39 Å². The van der Waals surface area contributed by atoms with Crippen molar-refractivity contribution in [1.82, 2.24) is 14.8 Å². The first-order chi connectivity index (χ1) is 14.7. The highest BCUT2D eigenvalue weighted by Gasteiger charge is 2.30. The SMILES string of the molecule is O=C(CSc1ccncc1)N1CCC(N2CCC(Oc3ccccc3F)CC2)CC1. The minimum Gasteiger partial charge on any atom is -0.487 e. The monoisotopic (exact) mass is 429 g/mol.